The molecule has 3 atom stereocenters. The zero-order chi connectivity index (χ0) is 25.9. The molecule has 0 aromatic heterocycles. The van der Waals surface area contributed by atoms with Crippen LogP contribution >= 0.6 is 0 Å². The van der Waals surface area contributed by atoms with Crippen molar-refractivity contribution in [2.24, 2.45) is 16.9 Å². The van der Waals surface area contributed by atoms with E-state index in [-0.39, 0.29) is 37.4 Å². The average molecular weight is 479 g/mol. The molecule has 0 heterocycles. The molecule has 0 saturated carbocycles. The fraction of sp³-hybridized carbons (Fsp3) is 0.440. The van der Waals surface area contributed by atoms with Gasteiger partial charge in [0.05, 0.1) is 0 Å². The molecule has 188 valence electrons. The van der Waals surface area contributed by atoms with Crippen LogP contribution in [0.1, 0.15) is 32.3 Å². The predicted molar refractivity (Wildman–Crippen MR) is 130 cm³/mol. The number of carbonyl (C=O) groups is 2. The Morgan fingerprint density at radius 3 is 2.24 bits per heavy atom. The normalized spacial score (nSPS) is 14.6. The van der Waals surface area contributed by atoms with E-state index in [0.717, 1.165) is 11.6 Å². The molecule has 0 aliphatic rings. The lowest BCUT2D eigenvalue weighted by atomic mass is 9.92. The Morgan fingerprint density at radius 1 is 1.09 bits per heavy atom. The zero-order valence-electron chi connectivity index (χ0n) is 19.8. The lowest BCUT2D eigenvalue weighted by molar-refractivity contribution is -0.130. The molecule has 2 amide bonds. The molecule has 7 nitrogen and oxygen atoms in total. The molecular formula is C25H36F2N4O3. The Labute approximate surface area is 200 Å². The van der Waals surface area contributed by atoms with Gasteiger partial charge in [-0.05, 0) is 35.5 Å². The first-order chi connectivity index (χ1) is 15.8. The number of nitrogens with two attached hydrogens (primary N) is 2. The number of halogens is 2. The van der Waals surface area contributed by atoms with Gasteiger partial charge in [-0.25, -0.2) is 8.78 Å². The van der Waals surface area contributed by atoms with E-state index >= 15 is 0 Å². The topological polar surface area (TPSA) is 130 Å². The minimum absolute atomic E-state index is 0.0557. The number of benzene rings is 1. The van der Waals surface area contributed by atoms with Crippen LogP contribution in [-0.4, -0.2) is 48.2 Å². The molecule has 9 heteroatoms. The van der Waals surface area contributed by atoms with Crippen LogP contribution in [0.25, 0.3) is 0 Å². The van der Waals surface area contributed by atoms with Crippen LogP contribution in [0, 0.1) is 5.41 Å². The summed E-state index contributed by atoms with van der Waals surface area (Å²) >= 11 is 0. The summed E-state index contributed by atoms with van der Waals surface area (Å²) in [4.78, 5) is 24.5. The summed E-state index contributed by atoms with van der Waals surface area (Å²) < 4.78 is 26.4. The molecule has 0 aliphatic heterocycles. The summed E-state index contributed by atoms with van der Waals surface area (Å²) in [6.45, 7) is 10.2. The number of amides is 2. The Kier molecular flexibility index (Phi) is 11.8. The lowest BCUT2D eigenvalue weighted by Crippen LogP contribution is -2.50. The third-order valence-electron chi connectivity index (χ3n) is 5.10. The summed E-state index contributed by atoms with van der Waals surface area (Å²) in [6, 6.07) is 7.80. The first-order valence-electron chi connectivity index (χ1n) is 11.0. The van der Waals surface area contributed by atoms with Gasteiger partial charge in [-0.15, -0.1) is 0 Å². The second kappa shape index (κ2) is 13.7. The quantitative estimate of drug-likeness (QED) is 0.262. The van der Waals surface area contributed by atoms with Crippen molar-refractivity contribution in [2.45, 2.75) is 51.3 Å². The van der Waals surface area contributed by atoms with Crippen LogP contribution < -0.4 is 22.1 Å². The number of carbonyl (C=O) groups excluding carboxylic acids is 2. The van der Waals surface area contributed by atoms with Crippen LogP contribution in [0.2, 0.25) is 0 Å². The summed E-state index contributed by atoms with van der Waals surface area (Å²) in [5.74, 6) is -2.64. The zero-order valence-corrected chi connectivity index (χ0v) is 19.8. The highest BCUT2D eigenvalue weighted by atomic mass is 19.1. The number of aliphatic hydroxyl groups is 1. The monoisotopic (exact) mass is 478 g/mol. The number of allylic oxidation sites excluding steroid dienone is 3. The molecule has 34 heavy (non-hydrogen) atoms. The summed E-state index contributed by atoms with van der Waals surface area (Å²) in [6.07, 6.45) is -0.324. The van der Waals surface area contributed by atoms with E-state index in [9.17, 15) is 23.5 Å². The Balaban J connectivity index is 2.46. The van der Waals surface area contributed by atoms with Crippen LogP contribution in [-0.2, 0) is 16.0 Å². The molecule has 1 aromatic carbocycles. The molecule has 0 bridgehead atoms. The fourth-order valence-electron chi connectivity index (χ4n) is 3.13. The minimum Gasteiger partial charge on any atom is -0.382 e. The van der Waals surface area contributed by atoms with E-state index in [1.807, 2.05) is 44.2 Å². The molecule has 7 N–H and O–H groups in total. The van der Waals surface area contributed by atoms with Crippen molar-refractivity contribution in [1.82, 2.24) is 10.6 Å². The smallest absolute Gasteiger partial charge is 0.250 e. The molecule has 0 saturated heterocycles. The number of nitrogens with one attached hydrogen (secondary N) is 2. The Hall–Kier alpha value is -2.88. The molecule has 0 aliphatic carbocycles. The minimum atomic E-state index is -1.38. The summed E-state index contributed by atoms with van der Waals surface area (Å²) in [5, 5.41) is 15.6. The molecule has 0 spiro atoms. The van der Waals surface area contributed by atoms with Crippen LogP contribution in [0.4, 0.5) is 8.78 Å². The first kappa shape index (κ1) is 29.2. The highest BCUT2D eigenvalue weighted by molar-refractivity contribution is 5.81. The lowest BCUT2D eigenvalue weighted by Gasteiger charge is -2.27. The summed E-state index contributed by atoms with van der Waals surface area (Å²) in [7, 11) is 0. The maximum absolute atomic E-state index is 13.4. The van der Waals surface area contributed by atoms with Crippen molar-refractivity contribution in [1.29, 1.82) is 0 Å². The van der Waals surface area contributed by atoms with Crippen molar-refractivity contribution in [2.75, 3.05) is 13.1 Å². The van der Waals surface area contributed by atoms with E-state index in [1.165, 1.54) is 0 Å². The SMILES string of the molecule is C=C(F)/C=C(/CC(N)CC(=O)NCC(C)(C)CNC(=O)C(O)C(N)Cc1ccccc1)C(=C)F. The second-order valence-corrected chi connectivity index (χ2v) is 9.15. The number of hydrogen-bond acceptors (Lipinski definition) is 5. The van der Waals surface area contributed by atoms with Gasteiger partial charge in [0.25, 0.3) is 0 Å². The van der Waals surface area contributed by atoms with Crippen LogP contribution in [0.15, 0.2) is 66.8 Å². The largest absolute Gasteiger partial charge is 0.382 e. The van der Waals surface area contributed by atoms with Crippen LogP contribution in [0.3, 0.4) is 0 Å². The van der Waals surface area contributed by atoms with Gasteiger partial charge >= 0.3 is 0 Å². The maximum Gasteiger partial charge on any atom is 0.250 e. The van der Waals surface area contributed by atoms with Gasteiger partial charge in [-0.3, -0.25) is 9.59 Å². The van der Waals surface area contributed by atoms with E-state index in [4.69, 9.17) is 11.5 Å². The second-order valence-electron chi connectivity index (χ2n) is 9.15. The number of rotatable bonds is 14. The van der Waals surface area contributed by atoms with Crippen molar-refractivity contribution in [3.8, 4) is 0 Å². The van der Waals surface area contributed by atoms with Gasteiger partial charge in [-0.1, -0.05) is 57.3 Å². The van der Waals surface area contributed by atoms with E-state index < -0.39 is 41.2 Å². The first-order valence-corrected chi connectivity index (χ1v) is 11.0. The van der Waals surface area contributed by atoms with Gasteiger partial charge < -0.3 is 27.2 Å². The van der Waals surface area contributed by atoms with Crippen molar-refractivity contribution in [3.05, 3.63) is 72.4 Å². The number of aliphatic hydroxyl groups excluding tert-OH is 1. The Morgan fingerprint density at radius 2 is 1.68 bits per heavy atom. The highest BCUT2D eigenvalue weighted by Gasteiger charge is 2.26. The standard InChI is InChI=1S/C25H36F2N4O3/c1-16(26)10-19(17(2)27)12-20(28)13-22(32)30-14-25(3,4)15-31-24(34)23(33)21(29)11-18-8-6-5-7-9-18/h5-10,20-21,23,33H,1-2,11-15,28-29H2,3-4H3,(H,30,32)(H,31,34)/b19-10-. The van der Waals surface area contributed by atoms with Gasteiger partial charge in [0, 0.05) is 31.6 Å². The molecule has 1 aromatic rings. The molecular weight excluding hydrogens is 442 g/mol. The third-order valence-corrected chi connectivity index (χ3v) is 5.10. The van der Waals surface area contributed by atoms with Gasteiger partial charge in [-0.2, -0.15) is 0 Å². The third kappa shape index (κ3) is 11.3. The van der Waals surface area contributed by atoms with E-state index in [0.29, 0.717) is 6.42 Å². The van der Waals surface area contributed by atoms with Crippen molar-refractivity contribution >= 4 is 11.8 Å². The molecule has 3 unspecified atom stereocenters. The van der Waals surface area contributed by atoms with E-state index in [2.05, 4.69) is 23.8 Å². The fourth-order valence-corrected chi connectivity index (χ4v) is 3.13. The average Bonchev–Trinajstić information content (AvgIpc) is 2.75. The Bertz CT molecular complexity index is 887. The highest BCUT2D eigenvalue weighted by Crippen LogP contribution is 2.19. The summed E-state index contributed by atoms with van der Waals surface area (Å²) in [5.41, 5.74) is 12.2. The molecule has 0 fully saturated rings. The van der Waals surface area contributed by atoms with Gasteiger partial charge in [0.2, 0.25) is 11.8 Å². The molecule has 1 rings (SSSR count). The van der Waals surface area contributed by atoms with Crippen molar-refractivity contribution < 1.29 is 23.5 Å². The molecule has 0 radical (unpaired) electrons. The van der Waals surface area contributed by atoms with Crippen molar-refractivity contribution in [3.63, 3.8) is 0 Å². The van der Waals surface area contributed by atoms with Crippen LogP contribution in [0.5, 0.6) is 0 Å². The van der Waals surface area contributed by atoms with E-state index in [1.54, 1.807) is 0 Å². The van der Waals surface area contributed by atoms with Gasteiger partial charge in [0.1, 0.15) is 17.8 Å². The van der Waals surface area contributed by atoms with Gasteiger partial charge in [0.15, 0.2) is 0 Å². The number of hydrogen-bond donors (Lipinski definition) is 5. The maximum atomic E-state index is 13.4. The predicted octanol–water partition coefficient (Wildman–Crippen LogP) is 2.18.